The molecule has 13 heteroatoms. The number of nitrogens with one attached hydrogen (secondary N) is 1. The Labute approximate surface area is 226 Å². The summed E-state index contributed by atoms with van der Waals surface area (Å²) in [7, 11) is 1.10. The minimum Gasteiger partial charge on any atom is -0.466 e. The number of guanidine groups is 1. The lowest BCUT2D eigenvalue weighted by molar-refractivity contribution is -0.138. The molecule has 1 atom stereocenters. The van der Waals surface area contributed by atoms with Crippen LogP contribution in [0.1, 0.15) is 42.1 Å². The van der Waals surface area contributed by atoms with E-state index in [9.17, 15) is 32.8 Å². The Kier molecular flexibility index (Phi) is 8.71. The Morgan fingerprint density at radius 2 is 1.90 bits per heavy atom. The van der Waals surface area contributed by atoms with E-state index in [1.165, 1.54) is 32.0 Å². The van der Waals surface area contributed by atoms with E-state index in [2.05, 4.69) is 0 Å². The number of esters is 1. The highest BCUT2D eigenvalue weighted by atomic mass is 32.2. The number of halogens is 3. The van der Waals surface area contributed by atoms with E-state index >= 15 is 0 Å². The summed E-state index contributed by atoms with van der Waals surface area (Å²) in [5.41, 5.74) is 5.59. The van der Waals surface area contributed by atoms with Crippen LogP contribution in [-0.2, 0) is 26.9 Å². The number of benzene rings is 2. The quantitative estimate of drug-likeness (QED) is 0.488. The molecule has 0 spiro atoms. The zero-order valence-electron chi connectivity index (χ0n) is 21.1. The van der Waals surface area contributed by atoms with Gasteiger partial charge in [0.2, 0.25) is 5.96 Å². The van der Waals surface area contributed by atoms with Crippen LogP contribution in [0.4, 0.5) is 23.7 Å². The maximum absolute atomic E-state index is 13.4. The Bertz CT molecular complexity index is 1420. The van der Waals surface area contributed by atoms with Gasteiger partial charge >= 0.3 is 18.2 Å². The highest BCUT2D eigenvalue weighted by Gasteiger charge is 2.44. The number of aryl methyl sites for hydroxylation is 1. The number of hydrogen-bond acceptors (Lipinski definition) is 7. The first-order valence-electron chi connectivity index (χ1n) is 11.4. The first kappa shape index (κ1) is 29.2. The van der Waals surface area contributed by atoms with Gasteiger partial charge in [-0.05, 0) is 54.8 Å². The van der Waals surface area contributed by atoms with E-state index in [1.54, 1.807) is 6.07 Å². The SMILES string of the molecule is COC(=O)C1=C(C)N(c2cccc(C(F)(F)F)c2)C(=N)N(C(N)=O)C1c1ccc(C#N)cc1CCSC(C)=O. The highest BCUT2D eigenvalue weighted by molar-refractivity contribution is 8.13. The number of hydrogen-bond donors (Lipinski definition) is 2. The molecular weight excluding hydrogens is 535 g/mol. The van der Waals surface area contributed by atoms with Crippen LogP contribution in [0.2, 0.25) is 0 Å². The number of amides is 2. The van der Waals surface area contributed by atoms with E-state index in [4.69, 9.17) is 15.9 Å². The van der Waals surface area contributed by atoms with Crippen LogP contribution in [0.25, 0.3) is 0 Å². The second-order valence-corrected chi connectivity index (χ2v) is 9.70. The van der Waals surface area contributed by atoms with Crippen molar-refractivity contribution >= 4 is 40.5 Å². The van der Waals surface area contributed by atoms with E-state index in [-0.39, 0.29) is 34.1 Å². The molecule has 2 aromatic rings. The summed E-state index contributed by atoms with van der Waals surface area (Å²) in [6.45, 7) is 2.82. The fraction of sp³-hybridized carbons (Fsp3) is 0.269. The lowest BCUT2D eigenvalue weighted by Crippen LogP contribution is -2.55. The van der Waals surface area contributed by atoms with E-state index in [1.807, 2.05) is 6.07 Å². The lowest BCUT2D eigenvalue weighted by atomic mass is 9.88. The molecule has 1 aliphatic rings. The van der Waals surface area contributed by atoms with E-state index in [0.29, 0.717) is 16.9 Å². The van der Waals surface area contributed by atoms with Crippen molar-refractivity contribution in [3.8, 4) is 6.07 Å². The summed E-state index contributed by atoms with van der Waals surface area (Å²) in [6.07, 6.45) is -4.42. The maximum atomic E-state index is 13.4. The van der Waals surface area contributed by atoms with Crippen molar-refractivity contribution < 1.29 is 32.3 Å². The van der Waals surface area contributed by atoms with Crippen LogP contribution in [0.15, 0.2) is 53.7 Å². The summed E-state index contributed by atoms with van der Waals surface area (Å²) in [4.78, 5) is 39.2. The summed E-state index contributed by atoms with van der Waals surface area (Å²) in [5.74, 6) is -1.17. The topological polar surface area (TPSA) is 141 Å². The number of primary amides is 1. The number of alkyl halides is 3. The number of thioether (sulfide) groups is 1. The molecule has 2 aromatic carbocycles. The largest absolute Gasteiger partial charge is 0.466 e. The number of carbonyl (C=O) groups is 3. The minimum atomic E-state index is -4.68. The van der Waals surface area contributed by atoms with Crippen molar-refractivity contribution in [3.05, 3.63) is 76.0 Å². The Morgan fingerprint density at radius 3 is 2.46 bits per heavy atom. The molecule has 39 heavy (non-hydrogen) atoms. The highest BCUT2D eigenvalue weighted by Crippen LogP contribution is 2.42. The molecule has 0 saturated carbocycles. The average molecular weight is 560 g/mol. The number of methoxy groups -OCH3 is 1. The van der Waals surface area contributed by atoms with Gasteiger partial charge in [-0.1, -0.05) is 23.9 Å². The summed E-state index contributed by atoms with van der Waals surface area (Å²) in [6, 6.07) is 8.17. The number of nitriles is 1. The number of anilines is 1. The van der Waals surface area contributed by atoms with E-state index < -0.39 is 35.7 Å². The fourth-order valence-electron chi connectivity index (χ4n) is 4.33. The van der Waals surface area contributed by atoms with Gasteiger partial charge in [0.05, 0.1) is 29.9 Å². The summed E-state index contributed by atoms with van der Waals surface area (Å²) in [5, 5.41) is 18.1. The first-order chi connectivity index (χ1) is 18.3. The Morgan fingerprint density at radius 1 is 1.21 bits per heavy atom. The van der Waals surface area contributed by atoms with Crippen molar-refractivity contribution in [2.24, 2.45) is 5.73 Å². The number of nitrogens with two attached hydrogens (primary N) is 1. The third-order valence-corrected chi connectivity index (χ3v) is 6.83. The van der Waals surface area contributed by atoms with Gasteiger partial charge in [0, 0.05) is 24.1 Å². The first-order valence-corrected chi connectivity index (χ1v) is 12.4. The van der Waals surface area contributed by atoms with Crippen LogP contribution < -0.4 is 10.6 Å². The number of allylic oxidation sites excluding steroid dienone is 1. The number of carbonyl (C=O) groups excluding carboxylic acids is 3. The smallest absolute Gasteiger partial charge is 0.416 e. The Balaban J connectivity index is 2.30. The maximum Gasteiger partial charge on any atom is 0.416 e. The predicted octanol–water partition coefficient (Wildman–Crippen LogP) is 4.72. The fourth-order valence-corrected chi connectivity index (χ4v) is 4.94. The number of rotatable bonds is 6. The van der Waals surface area contributed by atoms with Gasteiger partial charge in [0.1, 0.15) is 6.04 Å². The van der Waals surface area contributed by atoms with Gasteiger partial charge < -0.3 is 10.5 Å². The molecule has 2 amide bonds. The van der Waals surface area contributed by atoms with Crippen LogP contribution in [0.5, 0.6) is 0 Å². The molecule has 1 aliphatic heterocycles. The van der Waals surface area contributed by atoms with Crippen molar-refractivity contribution in [3.63, 3.8) is 0 Å². The van der Waals surface area contributed by atoms with Gasteiger partial charge in [-0.15, -0.1) is 0 Å². The number of nitrogens with zero attached hydrogens (tertiary/aromatic N) is 3. The lowest BCUT2D eigenvalue weighted by Gasteiger charge is -2.43. The molecule has 0 aliphatic carbocycles. The number of ether oxygens (including phenoxy) is 1. The molecule has 3 N–H and O–H groups in total. The molecule has 0 fully saturated rings. The van der Waals surface area contributed by atoms with Crippen LogP contribution in [0.3, 0.4) is 0 Å². The molecular formula is C26H24F3N5O4S. The summed E-state index contributed by atoms with van der Waals surface area (Å²) >= 11 is 1.04. The molecule has 1 unspecified atom stereocenters. The molecule has 1 heterocycles. The van der Waals surface area contributed by atoms with Gasteiger partial charge in [-0.2, -0.15) is 18.4 Å². The number of urea groups is 1. The van der Waals surface area contributed by atoms with Crippen molar-refractivity contribution in [2.45, 2.75) is 32.5 Å². The third kappa shape index (κ3) is 6.06. The van der Waals surface area contributed by atoms with Gasteiger partial charge in [-0.3, -0.25) is 20.0 Å². The van der Waals surface area contributed by atoms with Gasteiger partial charge in [0.15, 0.2) is 5.12 Å². The zero-order valence-corrected chi connectivity index (χ0v) is 21.9. The molecule has 9 nitrogen and oxygen atoms in total. The molecule has 0 aromatic heterocycles. The molecule has 0 radical (unpaired) electrons. The van der Waals surface area contributed by atoms with Crippen LogP contribution in [-0.4, -0.2) is 40.8 Å². The molecule has 204 valence electrons. The molecule has 3 rings (SSSR count). The third-order valence-electron chi connectivity index (χ3n) is 6.01. The van der Waals surface area contributed by atoms with Crippen LogP contribution >= 0.6 is 11.8 Å². The van der Waals surface area contributed by atoms with Crippen molar-refractivity contribution in [2.75, 3.05) is 17.8 Å². The van der Waals surface area contributed by atoms with Gasteiger partial charge in [-0.25, -0.2) is 9.59 Å². The predicted molar refractivity (Wildman–Crippen MR) is 139 cm³/mol. The van der Waals surface area contributed by atoms with E-state index in [0.717, 1.165) is 46.9 Å². The van der Waals surface area contributed by atoms with Crippen molar-refractivity contribution in [1.82, 2.24) is 4.90 Å². The molecule has 0 bridgehead atoms. The second-order valence-electron chi connectivity index (χ2n) is 8.42. The standard InChI is InChI=1S/C26H24F3N5O4S/c1-14-21(23(36)38-3)22(20-8-7-16(13-30)11-17(20)9-10-39-15(2)35)34(25(32)37)24(31)33(14)19-6-4-5-18(12-19)26(27,28)29/h4-8,11-12,22,31H,9-10H2,1-3H3,(H2,32,37). The molecule has 0 saturated heterocycles. The second kappa shape index (κ2) is 11.6. The normalized spacial score (nSPS) is 15.7. The van der Waals surface area contributed by atoms with Crippen molar-refractivity contribution in [1.29, 1.82) is 10.7 Å². The van der Waals surface area contributed by atoms with Crippen LogP contribution in [0, 0.1) is 16.7 Å². The monoisotopic (exact) mass is 559 g/mol. The minimum absolute atomic E-state index is 0.0436. The summed E-state index contributed by atoms with van der Waals surface area (Å²) < 4.78 is 45.3. The Hall–Kier alpha value is -4.31. The van der Waals surface area contributed by atoms with Gasteiger partial charge in [0.25, 0.3) is 0 Å². The average Bonchev–Trinajstić information content (AvgIpc) is 2.87. The zero-order chi connectivity index (χ0) is 29.1.